The van der Waals surface area contributed by atoms with E-state index in [9.17, 15) is 14.3 Å². The molecule has 1 rings (SSSR count). The zero-order chi connectivity index (χ0) is 16.7. The number of aromatic nitrogens is 1. The van der Waals surface area contributed by atoms with Crippen molar-refractivity contribution < 1.29 is 9.13 Å². The summed E-state index contributed by atoms with van der Waals surface area (Å²) in [7, 11) is 4.49. The molecule has 0 aromatic carbocycles. The SMILES string of the molecule is CN(C)Cc1nc(CS(=O)CCN(C)/C(N)=C/[N+](=O)[O-])cs1. The van der Waals surface area contributed by atoms with Crippen molar-refractivity contribution in [2.75, 3.05) is 33.4 Å². The van der Waals surface area contributed by atoms with E-state index >= 15 is 0 Å². The number of nitro groups is 1. The number of thiazole rings is 1. The smallest absolute Gasteiger partial charge is 0.274 e. The minimum absolute atomic E-state index is 0.0453. The summed E-state index contributed by atoms with van der Waals surface area (Å²) in [5, 5.41) is 13.2. The third-order valence-electron chi connectivity index (χ3n) is 2.69. The molecule has 22 heavy (non-hydrogen) atoms. The molecular formula is C12H21N5O3S2. The van der Waals surface area contributed by atoms with Crippen molar-refractivity contribution >= 4 is 22.1 Å². The van der Waals surface area contributed by atoms with Gasteiger partial charge in [0, 0.05) is 42.1 Å². The summed E-state index contributed by atoms with van der Waals surface area (Å²) in [6.45, 7) is 1.15. The summed E-state index contributed by atoms with van der Waals surface area (Å²) in [6.07, 6.45) is 0.733. The standard InChI is InChI=1S/C12H21N5O3S2/c1-15(2)7-12-14-10(8-21-12)9-22(20)5-4-16(3)11(13)6-17(18)19/h6,8H,4-5,7,9,13H2,1-3H3/b11-6+. The number of hydrogen-bond donors (Lipinski definition) is 1. The lowest BCUT2D eigenvalue weighted by molar-refractivity contribution is -0.404. The van der Waals surface area contributed by atoms with Gasteiger partial charge in [0.15, 0.2) is 5.82 Å². The summed E-state index contributed by atoms with van der Waals surface area (Å²) in [6, 6.07) is 0. The van der Waals surface area contributed by atoms with Gasteiger partial charge in [-0.3, -0.25) is 14.3 Å². The van der Waals surface area contributed by atoms with Crippen LogP contribution in [0, 0.1) is 10.1 Å². The van der Waals surface area contributed by atoms with E-state index in [0.717, 1.165) is 23.4 Å². The summed E-state index contributed by atoms with van der Waals surface area (Å²) in [5.74, 6) is 0.809. The molecule has 124 valence electrons. The van der Waals surface area contributed by atoms with E-state index < -0.39 is 15.7 Å². The number of hydrogen-bond acceptors (Lipinski definition) is 8. The maximum atomic E-state index is 12.0. The van der Waals surface area contributed by atoms with E-state index in [4.69, 9.17) is 5.73 Å². The van der Waals surface area contributed by atoms with Gasteiger partial charge in [-0.05, 0) is 14.1 Å². The third-order valence-corrected chi connectivity index (χ3v) is 4.83. The van der Waals surface area contributed by atoms with Crippen LogP contribution < -0.4 is 5.73 Å². The Kier molecular flexibility index (Phi) is 7.42. The number of nitrogens with zero attached hydrogens (tertiary/aromatic N) is 4. The van der Waals surface area contributed by atoms with Crippen LogP contribution >= 0.6 is 11.3 Å². The third kappa shape index (κ3) is 6.96. The lowest BCUT2D eigenvalue weighted by Crippen LogP contribution is -2.28. The van der Waals surface area contributed by atoms with Crippen molar-refractivity contribution in [1.82, 2.24) is 14.8 Å². The molecule has 0 bridgehead atoms. The van der Waals surface area contributed by atoms with Gasteiger partial charge in [0.25, 0.3) is 6.20 Å². The Balaban J connectivity index is 2.43. The van der Waals surface area contributed by atoms with Crippen LogP contribution in [-0.4, -0.2) is 57.4 Å². The van der Waals surface area contributed by atoms with Crippen LogP contribution in [-0.2, 0) is 23.1 Å². The molecule has 0 saturated carbocycles. The maximum absolute atomic E-state index is 12.0. The van der Waals surface area contributed by atoms with Crippen molar-refractivity contribution in [3.8, 4) is 0 Å². The fourth-order valence-corrected chi connectivity index (χ4v) is 3.69. The van der Waals surface area contributed by atoms with Crippen molar-refractivity contribution in [3.05, 3.63) is 38.2 Å². The van der Waals surface area contributed by atoms with Gasteiger partial charge in [-0.15, -0.1) is 11.3 Å². The molecule has 0 radical (unpaired) electrons. The predicted octanol–water partition coefficient (Wildman–Crippen LogP) is 0.420. The van der Waals surface area contributed by atoms with Crippen molar-refractivity contribution in [2.45, 2.75) is 12.3 Å². The zero-order valence-electron chi connectivity index (χ0n) is 12.9. The number of rotatable bonds is 9. The molecule has 0 amide bonds. The van der Waals surface area contributed by atoms with Crippen molar-refractivity contribution in [2.24, 2.45) is 5.73 Å². The first-order valence-corrected chi connectivity index (χ1v) is 8.89. The van der Waals surface area contributed by atoms with Gasteiger partial charge in [0.1, 0.15) is 5.01 Å². The highest BCUT2D eigenvalue weighted by atomic mass is 32.2. The molecule has 0 spiro atoms. The first-order chi connectivity index (χ1) is 10.3. The summed E-state index contributed by atoms with van der Waals surface area (Å²) < 4.78 is 12.0. The van der Waals surface area contributed by atoms with Crippen LogP contribution in [0.5, 0.6) is 0 Å². The molecule has 1 heterocycles. The second-order valence-electron chi connectivity index (χ2n) is 5.02. The van der Waals surface area contributed by atoms with E-state index in [-0.39, 0.29) is 5.82 Å². The minimum Gasteiger partial charge on any atom is -0.380 e. The van der Waals surface area contributed by atoms with E-state index in [1.807, 2.05) is 24.4 Å². The predicted molar refractivity (Wildman–Crippen MR) is 88.1 cm³/mol. The van der Waals surface area contributed by atoms with E-state index in [2.05, 4.69) is 4.98 Å². The Hall–Kier alpha value is -1.52. The fourth-order valence-electron chi connectivity index (χ4n) is 1.57. The monoisotopic (exact) mass is 347 g/mol. The van der Waals surface area contributed by atoms with Crippen LogP contribution in [0.3, 0.4) is 0 Å². The summed E-state index contributed by atoms with van der Waals surface area (Å²) in [5.41, 5.74) is 6.35. The maximum Gasteiger partial charge on any atom is 0.274 e. The van der Waals surface area contributed by atoms with Gasteiger partial charge >= 0.3 is 0 Å². The van der Waals surface area contributed by atoms with Gasteiger partial charge in [-0.1, -0.05) is 0 Å². The zero-order valence-corrected chi connectivity index (χ0v) is 14.5. The lowest BCUT2D eigenvalue weighted by atomic mass is 10.5. The fraction of sp³-hybridized carbons (Fsp3) is 0.583. The van der Waals surface area contributed by atoms with Gasteiger partial charge in [-0.2, -0.15) is 0 Å². The van der Waals surface area contributed by atoms with Crippen LogP contribution in [0.1, 0.15) is 10.7 Å². The van der Waals surface area contributed by atoms with Gasteiger partial charge in [-0.25, -0.2) is 4.98 Å². The van der Waals surface area contributed by atoms with E-state index in [0.29, 0.717) is 18.1 Å². The highest BCUT2D eigenvalue weighted by Gasteiger charge is 2.10. The van der Waals surface area contributed by atoms with Crippen LogP contribution in [0.4, 0.5) is 0 Å². The molecule has 0 saturated heterocycles. The van der Waals surface area contributed by atoms with Crippen LogP contribution in [0.25, 0.3) is 0 Å². The highest BCUT2D eigenvalue weighted by molar-refractivity contribution is 7.84. The van der Waals surface area contributed by atoms with Gasteiger partial charge < -0.3 is 15.5 Å². The lowest BCUT2D eigenvalue weighted by Gasteiger charge is -2.16. The highest BCUT2D eigenvalue weighted by Crippen LogP contribution is 2.13. The van der Waals surface area contributed by atoms with Crippen LogP contribution in [0.15, 0.2) is 17.4 Å². The minimum atomic E-state index is -1.08. The average molecular weight is 347 g/mol. The molecule has 8 nitrogen and oxygen atoms in total. The first kappa shape index (κ1) is 18.5. The second kappa shape index (κ2) is 8.81. The van der Waals surface area contributed by atoms with E-state index in [1.54, 1.807) is 18.4 Å². The molecule has 1 aromatic rings. The van der Waals surface area contributed by atoms with Crippen molar-refractivity contribution in [1.29, 1.82) is 0 Å². The molecule has 1 atom stereocenters. The molecular weight excluding hydrogens is 326 g/mol. The Bertz CT molecular complexity index is 559. The van der Waals surface area contributed by atoms with Crippen LogP contribution in [0.2, 0.25) is 0 Å². The Morgan fingerprint density at radius 1 is 1.55 bits per heavy atom. The Labute approximate surface area is 136 Å². The molecule has 1 aromatic heterocycles. The molecule has 10 heteroatoms. The normalized spacial score (nSPS) is 13.4. The van der Waals surface area contributed by atoms with Crippen molar-refractivity contribution in [3.63, 3.8) is 0 Å². The molecule has 0 fully saturated rings. The first-order valence-electron chi connectivity index (χ1n) is 6.53. The Morgan fingerprint density at radius 2 is 2.23 bits per heavy atom. The largest absolute Gasteiger partial charge is 0.380 e. The summed E-state index contributed by atoms with van der Waals surface area (Å²) in [4.78, 5) is 17.7. The van der Waals surface area contributed by atoms with Gasteiger partial charge in [0.2, 0.25) is 0 Å². The molecule has 1 unspecified atom stereocenters. The van der Waals surface area contributed by atoms with Gasteiger partial charge in [0.05, 0.1) is 16.4 Å². The average Bonchev–Trinajstić information content (AvgIpc) is 2.81. The molecule has 0 aliphatic rings. The Morgan fingerprint density at radius 3 is 2.82 bits per heavy atom. The molecule has 2 N–H and O–H groups in total. The quantitative estimate of drug-likeness (QED) is 0.510. The summed E-state index contributed by atoms with van der Waals surface area (Å²) >= 11 is 1.55. The topological polar surface area (TPSA) is 106 Å². The molecule has 0 aliphatic heterocycles. The van der Waals surface area contributed by atoms with E-state index in [1.165, 1.54) is 4.90 Å². The molecule has 0 aliphatic carbocycles. The second-order valence-corrected chi connectivity index (χ2v) is 7.54. The number of nitrogens with two attached hydrogens (primary N) is 1.